The Morgan fingerprint density at radius 2 is 1.89 bits per heavy atom. The molecule has 1 aromatic carbocycles. The predicted octanol–water partition coefficient (Wildman–Crippen LogP) is 4.80. The summed E-state index contributed by atoms with van der Waals surface area (Å²) in [5, 5.41) is 9.55. The van der Waals surface area contributed by atoms with Gasteiger partial charge in [-0.3, -0.25) is 9.78 Å². The van der Waals surface area contributed by atoms with Crippen LogP contribution in [0.2, 0.25) is 0 Å². The molecule has 1 N–H and O–H groups in total. The van der Waals surface area contributed by atoms with E-state index >= 15 is 0 Å². The molecule has 1 aliphatic rings. The maximum Gasteiger partial charge on any atom is 0.418 e. The Balaban J connectivity index is 0.00000432. The number of fused-ring (bicyclic) bond motifs is 1. The van der Waals surface area contributed by atoms with Gasteiger partial charge in [-0.05, 0) is 57.4 Å². The Labute approximate surface area is 214 Å². The number of piperidine rings is 1. The second kappa shape index (κ2) is 11.1. The molecule has 1 saturated heterocycles. The van der Waals surface area contributed by atoms with Crippen LogP contribution in [0.3, 0.4) is 0 Å². The third-order valence-electron chi connectivity index (χ3n) is 5.67. The van der Waals surface area contributed by atoms with E-state index in [0.717, 1.165) is 6.07 Å². The van der Waals surface area contributed by atoms with Gasteiger partial charge in [-0.2, -0.15) is 13.2 Å². The van der Waals surface area contributed by atoms with Crippen LogP contribution in [0, 0.1) is 5.92 Å². The van der Waals surface area contributed by atoms with Crippen molar-refractivity contribution in [1.29, 1.82) is 0 Å². The number of carbonyl (C=O) groups excluding carboxylic acids is 1. The molecular weight excluding hydrogens is 458 g/mol. The van der Waals surface area contributed by atoms with Gasteiger partial charge in [0.05, 0.1) is 23.5 Å². The predicted molar refractivity (Wildman–Crippen MR) is 127 cm³/mol. The van der Waals surface area contributed by atoms with Crippen molar-refractivity contribution in [3.8, 4) is 0 Å². The van der Waals surface area contributed by atoms with E-state index < -0.39 is 29.4 Å². The maximum atomic E-state index is 13.5. The first-order valence-corrected chi connectivity index (χ1v) is 11.2. The molecule has 1 fully saturated rings. The molecule has 3 rings (SSSR count). The maximum absolute atomic E-state index is 13.5. The zero-order valence-electron chi connectivity index (χ0n) is 20.7. The smallest absolute Gasteiger partial charge is 0.418 e. The summed E-state index contributed by atoms with van der Waals surface area (Å²) in [6.45, 7) is 8.08. The van der Waals surface area contributed by atoms with Gasteiger partial charge in [0.25, 0.3) is 0 Å². The minimum absolute atomic E-state index is 0. The average Bonchev–Trinajstić information content (AvgIpc) is 2.70. The van der Waals surface area contributed by atoms with Crippen molar-refractivity contribution in [2.24, 2.45) is 5.92 Å². The molecule has 0 saturated carbocycles. The van der Waals surface area contributed by atoms with Crippen molar-refractivity contribution in [3.05, 3.63) is 36.0 Å². The Bertz CT molecular complexity index is 1060. The summed E-state index contributed by atoms with van der Waals surface area (Å²) in [5.74, 6) is -0.934. The molecule has 2 aromatic rings. The number of alkyl halides is 3. The van der Waals surface area contributed by atoms with E-state index in [1.165, 1.54) is 17.2 Å². The number of aliphatic carboxylic acids is 1. The van der Waals surface area contributed by atoms with E-state index in [0.29, 0.717) is 30.6 Å². The van der Waals surface area contributed by atoms with Crippen molar-refractivity contribution in [1.82, 2.24) is 9.88 Å². The number of aromatic nitrogens is 1. The number of anilines is 1. The summed E-state index contributed by atoms with van der Waals surface area (Å²) in [6.07, 6.45) is -3.43. The summed E-state index contributed by atoms with van der Waals surface area (Å²) < 4.78 is 46.1. The van der Waals surface area contributed by atoms with Gasteiger partial charge in [0.1, 0.15) is 5.60 Å². The fraction of sp³-hybridized carbons (Fsp3) is 0.542. The van der Waals surface area contributed by atoms with Crippen molar-refractivity contribution in [2.45, 2.75) is 58.4 Å². The molecule has 35 heavy (non-hydrogen) atoms. The van der Waals surface area contributed by atoms with Crippen molar-refractivity contribution in [3.63, 3.8) is 0 Å². The van der Waals surface area contributed by atoms with Gasteiger partial charge in [0, 0.05) is 55.8 Å². The van der Waals surface area contributed by atoms with E-state index in [-0.39, 0.29) is 49.3 Å². The number of rotatable bonds is 5. The molecule has 0 unspecified atom stereocenters. The number of pyridine rings is 1. The van der Waals surface area contributed by atoms with Gasteiger partial charge in [-0.25, -0.2) is 4.79 Å². The summed E-state index contributed by atoms with van der Waals surface area (Å²) in [6, 6.07) is 5.31. The molecule has 187 valence electrons. The monoisotopic (exact) mass is 488 g/mol. The normalized spacial score (nSPS) is 18.7. The molecular formula is C24H30F3LiN3O4. The number of hydrogen-bond acceptors (Lipinski definition) is 5. The van der Waals surface area contributed by atoms with E-state index in [1.54, 1.807) is 32.9 Å². The van der Waals surface area contributed by atoms with Crippen LogP contribution >= 0.6 is 0 Å². The number of ether oxygens (including phenoxy) is 1. The zero-order valence-corrected chi connectivity index (χ0v) is 20.7. The fourth-order valence-corrected chi connectivity index (χ4v) is 4.36. The summed E-state index contributed by atoms with van der Waals surface area (Å²) in [7, 11) is 0. The fourth-order valence-electron chi connectivity index (χ4n) is 4.36. The molecule has 1 aromatic heterocycles. The van der Waals surface area contributed by atoms with E-state index in [2.05, 4.69) is 4.98 Å². The minimum atomic E-state index is -4.53. The summed E-state index contributed by atoms with van der Waals surface area (Å²) in [5.41, 5.74) is -1.09. The first-order valence-electron chi connectivity index (χ1n) is 11.2. The van der Waals surface area contributed by atoms with Gasteiger partial charge in [0.2, 0.25) is 0 Å². The van der Waals surface area contributed by atoms with Gasteiger partial charge < -0.3 is 19.6 Å². The zero-order chi connectivity index (χ0) is 25.3. The molecule has 1 aliphatic heterocycles. The molecule has 7 nitrogen and oxygen atoms in total. The SMILES string of the molecule is C[C@H]1C[C@@H](N(CCC(=O)O)C(=O)OC(C)(C)C)CN(c2ccc(C(F)(F)F)c3ncccc23)C1.[Li]. The Hall–Kier alpha value is -2.44. The molecule has 0 bridgehead atoms. The van der Waals surface area contributed by atoms with Crippen molar-refractivity contribution in [2.75, 3.05) is 24.5 Å². The molecule has 1 amide bonds. The Morgan fingerprint density at radius 3 is 2.49 bits per heavy atom. The number of carbonyl (C=O) groups is 2. The van der Waals surface area contributed by atoms with Crippen LogP contribution in [0.5, 0.6) is 0 Å². The summed E-state index contributed by atoms with van der Waals surface area (Å²) >= 11 is 0. The molecule has 0 spiro atoms. The minimum Gasteiger partial charge on any atom is -0.481 e. The second-order valence-electron chi connectivity index (χ2n) is 9.75. The van der Waals surface area contributed by atoms with Crippen LogP contribution in [-0.4, -0.2) is 77.2 Å². The first-order chi connectivity index (χ1) is 15.8. The molecule has 0 aliphatic carbocycles. The van der Waals surface area contributed by atoms with Crippen LogP contribution in [-0.2, 0) is 15.7 Å². The van der Waals surface area contributed by atoms with Crippen molar-refractivity contribution >= 4 is 47.5 Å². The van der Waals surface area contributed by atoms with Gasteiger partial charge in [-0.15, -0.1) is 0 Å². The van der Waals surface area contributed by atoms with E-state index in [4.69, 9.17) is 4.74 Å². The second-order valence-corrected chi connectivity index (χ2v) is 9.75. The quantitative estimate of drug-likeness (QED) is 0.609. The number of amides is 1. The van der Waals surface area contributed by atoms with Crippen LogP contribution < -0.4 is 4.90 Å². The van der Waals surface area contributed by atoms with Gasteiger partial charge in [-0.1, -0.05) is 6.92 Å². The van der Waals surface area contributed by atoms with E-state index in [1.807, 2.05) is 11.8 Å². The van der Waals surface area contributed by atoms with Crippen LogP contribution in [0.1, 0.15) is 46.1 Å². The van der Waals surface area contributed by atoms with Crippen LogP contribution in [0.25, 0.3) is 10.9 Å². The number of hydrogen-bond donors (Lipinski definition) is 1. The van der Waals surface area contributed by atoms with Crippen molar-refractivity contribution < 1.29 is 32.6 Å². The Kier molecular flexibility index (Phi) is 9.12. The molecule has 2 atom stereocenters. The molecule has 1 radical (unpaired) electrons. The average molecular weight is 488 g/mol. The largest absolute Gasteiger partial charge is 0.481 e. The third kappa shape index (κ3) is 7.28. The third-order valence-corrected chi connectivity index (χ3v) is 5.67. The van der Waals surface area contributed by atoms with Crippen LogP contribution in [0.4, 0.5) is 23.7 Å². The summed E-state index contributed by atoms with van der Waals surface area (Å²) in [4.78, 5) is 31.5. The standard InChI is InChI=1S/C24H30F3N3O4.Li/c1-15-12-16(30(11-9-20(31)32)22(33)34-23(2,3)4)14-29(13-15)19-8-7-18(24(25,26)27)21-17(19)6-5-10-28-21;/h5-8,10,15-16H,9,11-14H2,1-4H3,(H,31,32);/t15-,16+;/m0./s1. The first kappa shape index (κ1) is 28.8. The number of carboxylic acids is 1. The topological polar surface area (TPSA) is 83.0 Å². The number of benzene rings is 1. The van der Waals surface area contributed by atoms with Gasteiger partial charge >= 0.3 is 18.2 Å². The number of carboxylic acid groups (broad SMARTS) is 1. The van der Waals surface area contributed by atoms with Crippen LogP contribution in [0.15, 0.2) is 30.5 Å². The number of nitrogens with zero attached hydrogens (tertiary/aromatic N) is 3. The molecule has 11 heteroatoms. The Morgan fingerprint density at radius 1 is 1.20 bits per heavy atom. The van der Waals surface area contributed by atoms with E-state index in [9.17, 15) is 27.9 Å². The number of halogens is 3. The molecule has 2 heterocycles. The van der Waals surface area contributed by atoms with Gasteiger partial charge in [0.15, 0.2) is 0 Å².